The van der Waals surface area contributed by atoms with Crippen LogP contribution in [-0.2, 0) is 6.54 Å². The third-order valence-corrected chi connectivity index (χ3v) is 2.04. The normalized spacial score (nSPS) is 9.20. The summed E-state index contributed by atoms with van der Waals surface area (Å²) in [5.74, 6) is 4.18. The molecule has 0 spiro atoms. The Morgan fingerprint density at radius 1 is 1.53 bits per heavy atom. The van der Waals surface area contributed by atoms with Gasteiger partial charge in [-0.25, -0.2) is 4.79 Å². The van der Waals surface area contributed by atoms with Gasteiger partial charge >= 0.3 is 5.97 Å². The highest BCUT2D eigenvalue weighted by Gasteiger charge is 2.11. The molecule has 4 nitrogen and oxygen atoms in total. The van der Waals surface area contributed by atoms with E-state index in [1.165, 1.54) is 10.6 Å². The van der Waals surface area contributed by atoms with E-state index in [0.717, 1.165) is 0 Å². The van der Waals surface area contributed by atoms with Gasteiger partial charge in [0, 0.05) is 5.69 Å². The quantitative estimate of drug-likeness (QED) is 0.729. The molecule has 0 unspecified atom stereocenters. The molecule has 1 aromatic rings. The number of hydrogen-bond acceptors (Lipinski definition) is 2. The van der Waals surface area contributed by atoms with Crippen molar-refractivity contribution in [1.82, 2.24) is 4.57 Å². The molecule has 0 aliphatic rings. The highest BCUT2D eigenvalue weighted by molar-refractivity contribution is 5.87. The average Bonchev–Trinajstić information content (AvgIpc) is 2.17. The first kappa shape index (κ1) is 11.1. The van der Waals surface area contributed by atoms with Gasteiger partial charge in [-0.2, -0.15) is 0 Å². The van der Waals surface area contributed by atoms with Gasteiger partial charge in [-0.05, 0) is 26.0 Å². The summed E-state index contributed by atoms with van der Waals surface area (Å²) in [4.78, 5) is 22.4. The van der Waals surface area contributed by atoms with Gasteiger partial charge in [0.1, 0.15) is 5.56 Å². The van der Waals surface area contributed by atoms with Crippen molar-refractivity contribution in [2.45, 2.75) is 20.4 Å². The van der Waals surface area contributed by atoms with Crippen LogP contribution in [0.5, 0.6) is 0 Å². The van der Waals surface area contributed by atoms with Gasteiger partial charge in [0.15, 0.2) is 0 Å². The minimum absolute atomic E-state index is 0.224. The van der Waals surface area contributed by atoms with Gasteiger partial charge in [-0.15, -0.1) is 5.92 Å². The SMILES string of the molecule is CC#CCn1c(C)ccc(C(=O)O)c1=O. The van der Waals surface area contributed by atoms with Gasteiger partial charge in [-0.3, -0.25) is 4.79 Å². The molecule has 0 bridgehead atoms. The standard InChI is InChI=1S/C11H11NO3/c1-3-4-7-12-8(2)5-6-9(10(12)13)11(14)15/h5-6H,7H2,1-2H3,(H,14,15). The Kier molecular flexibility index (Phi) is 3.29. The number of aromatic nitrogens is 1. The molecule has 4 heteroatoms. The van der Waals surface area contributed by atoms with E-state index in [2.05, 4.69) is 11.8 Å². The Balaban J connectivity index is 3.34. The van der Waals surface area contributed by atoms with Crippen LogP contribution in [0.4, 0.5) is 0 Å². The van der Waals surface area contributed by atoms with Crippen LogP contribution in [0, 0.1) is 18.8 Å². The first-order valence-corrected chi connectivity index (χ1v) is 4.41. The summed E-state index contributed by atoms with van der Waals surface area (Å²) in [6, 6.07) is 2.91. The topological polar surface area (TPSA) is 59.3 Å². The maximum atomic E-state index is 11.7. The fraction of sp³-hybridized carbons (Fsp3) is 0.273. The van der Waals surface area contributed by atoms with Crippen molar-refractivity contribution in [3.05, 3.63) is 33.7 Å². The second-order valence-corrected chi connectivity index (χ2v) is 3.01. The highest BCUT2D eigenvalue weighted by atomic mass is 16.4. The molecule has 0 aliphatic heterocycles. The Morgan fingerprint density at radius 3 is 2.73 bits per heavy atom. The van der Waals surface area contributed by atoms with Crippen LogP contribution in [0.2, 0.25) is 0 Å². The third-order valence-electron chi connectivity index (χ3n) is 2.04. The van der Waals surface area contributed by atoms with Gasteiger partial charge in [-0.1, -0.05) is 5.92 Å². The second kappa shape index (κ2) is 4.47. The summed E-state index contributed by atoms with van der Waals surface area (Å²) in [5.41, 5.74) is -0.0310. The summed E-state index contributed by atoms with van der Waals surface area (Å²) in [7, 11) is 0. The zero-order chi connectivity index (χ0) is 11.4. The summed E-state index contributed by atoms with van der Waals surface area (Å²) in [5, 5.41) is 8.76. The van der Waals surface area contributed by atoms with Crippen LogP contribution < -0.4 is 5.56 Å². The lowest BCUT2D eigenvalue weighted by atomic mass is 10.2. The highest BCUT2D eigenvalue weighted by Crippen LogP contribution is 1.98. The van der Waals surface area contributed by atoms with Crippen molar-refractivity contribution in [1.29, 1.82) is 0 Å². The van der Waals surface area contributed by atoms with Crippen LogP contribution in [-0.4, -0.2) is 15.6 Å². The molecule has 0 fully saturated rings. The number of carboxylic acid groups (broad SMARTS) is 1. The number of aryl methyl sites for hydroxylation is 1. The zero-order valence-corrected chi connectivity index (χ0v) is 8.57. The largest absolute Gasteiger partial charge is 0.477 e. The minimum Gasteiger partial charge on any atom is -0.477 e. The Labute approximate surface area is 87.2 Å². The Morgan fingerprint density at radius 2 is 2.20 bits per heavy atom. The maximum Gasteiger partial charge on any atom is 0.341 e. The first-order valence-electron chi connectivity index (χ1n) is 4.41. The lowest BCUT2D eigenvalue weighted by Gasteiger charge is -2.06. The predicted molar refractivity (Wildman–Crippen MR) is 55.8 cm³/mol. The molecule has 15 heavy (non-hydrogen) atoms. The molecule has 0 amide bonds. The molecule has 0 aliphatic carbocycles. The molecule has 0 radical (unpaired) electrons. The first-order chi connectivity index (χ1) is 7.07. The number of aromatic carboxylic acids is 1. The van der Waals surface area contributed by atoms with Crippen LogP contribution >= 0.6 is 0 Å². The van der Waals surface area contributed by atoms with E-state index in [4.69, 9.17) is 5.11 Å². The van der Waals surface area contributed by atoms with Crippen molar-refractivity contribution in [3.8, 4) is 11.8 Å². The van der Waals surface area contributed by atoms with E-state index in [9.17, 15) is 9.59 Å². The van der Waals surface area contributed by atoms with E-state index in [1.54, 1.807) is 19.9 Å². The summed E-state index contributed by atoms with van der Waals surface area (Å²) < 4.78 is 1.35. The van der Waals surface area contributed by atoms with E-state index in [1.807, 2.05) is 0 Å². The van der Waals surface area contributed by atoms with E-state index in [0.29, 0.717) is 5.69 Å². The summed E-state index contributed by atoms with van der Waals surface area (Å²) in [6.45, 7) is 3.63. The number of pyridine rings is 1. The molecular weight excluding hydrogens is 194 g/mol. The molecule has 1 heterocycles. The molecule has 1 aromatic heterocycles. The Bertz CT molecular complexity index is 503. The number of carboxylic acids is 1. The molecule has 0 saturated heterocycles. The van der Waals surface area contributed by atoms with Crippen molar-refractivity contribution >= 4 is 5.97 Å². The second-order valence-electron chi connectivity index (χ2n) is 3.01. The van der Waals surface area contributed by atoms with Crippen LogP contribution in [0.3, 0.4) is 0 Å². The minimum atomic E-state index is -1.21. The fourth-order valence-electron chi connectivity index (χ4n) is 1.19. The van der Waals surface area contributed by atoms with E-state index < -0.39 is 11.5 Å². The Hall–Kier alpha value is -2.02. The van der Waals surface area contributed by atoms with Crippen LogP contribution in [0.15, 0.2) is 16.9 Å². The monoisotopic (exact) mass is 205 g/mol. The van der Waals surface area contributed by atoms with Crippen LogP contribution in [0.1, 0.15) is 23.0 Å². The van der Waals surface area contributed by atoms with Gasteiger partial charge in [0.2, 0.25) is 0 Å². The van der Waals surface area contributed by atoms with Gasteiger partial charge < -0.3 is 9.67 Å². The molecular formula is C11H11NO3. The lowest BCUT2D eigenvalue weighted by molar-refractivity contribution is 0.0694. The van der Waals surface area contributed by atoms with Gasteiger partial charge in [0.25, 0.3) is 5.56 Å². The molecule has 1 N–H and O–H groups in total. The summed E-state index contributed by atoms with van der Waals surface area (Å²) in [6.07, 6.45) is 0. The van der Waals surface area contributed by atoms with Crippen molar-refractivity contribution in [3.63, 3.8) is 0 Å². The fourth-order valence-corrected chi connectivity index (χ4v) is 1.19. The number of rotatable bonds is 2. The van der Waals surface area contributed by atoms with E-state index >= 15 is 0 Å². The zero-order valence-electron chi connectivity index (χ0n) is 8.57. The van der Waals surface area contributed by atoms with E-state index in [-0.39, 0.29) is 12.1 Å². The maximum absolute atomic E-state index is 11.7. The molecule has 0 saturated carbocycles. The molecule has 0 aromatic carbocycles. The molecule has 78 valence electrons. The number of carbonyl (C=O) groups is 1. The number of nitrogens with zero attached hydrogens (tertiary/aromatic N) is 1. The average molecular weight is 205 g/mol. The predicted octanol–water partition coefficient (Wildman–Crippen LogP) is 0.878. The van der Waals surface area contributed by atoms with Crippen molar-refractivity contribution in [2.75, 3.05) is 0 Å². The van der Waals surface area contributed by atoms with Crippen molar-refractivity contribution < 1.29 is 9.90 Å². The molecule has 0 atom stereocenters. The lowest BCUT2D eigenvalue weighted by Crippen LogP contribution is -2.27. The smallest absolute Gasteiger partial charge is 0.341 e. The van der Waals surface area contributed by atoms with Crippen LogP contribution in [0.25, 0.3) is 0 Å². The summed E-state index contributed by atoms with van der Waals surface area (Å²) >= 11 is 0. The third kappa shape index (κ3) is 2.26. The molecule has 1 rings (SSSR count). The van der Waals surface area contributed by atoms with Gasteiger partial charge in [0.05, 0.1) is 6.54 Å². The number of hydrogen-bond donors (Lipinski definition) is 1. The van der Waals surface area contributed by atoms with Crippen molar-refractivity contribution in [2.24, 2.45) is 0 Å².